The van der Waals surface area contributed by atoms with E-state index in [0.717, 1.165) is 23.6 Å². The number of thioether (sulfide) groups is 1. The molecule has 0 saturated heterocycles. The van der Waals surface area contributed by atoms with E-state index in [1.165, 1.54) is 13.2 Å². The summed E-state index contributed by atoms with van der Waals surface area (Å²) in [5.74, 6) is 1.72. The Morgan fingerprint density at radius 1 is 1.44 bits per heavy atom. The maximum Gasteiger partial charge on any atom is 0.165 e. The Morgan fingerprint density at radius 2 is 2.17 bits per heavy atom. The van der Waals surface area contributed by atoms with Crippen LogP contribution in [-0.4, -0.2) is 44.2 Å². The zero-order valence-electron chi connectivity index (χ0n) is 11.1. The van der Waals surface area contributed by atoms with Gasteiger partial charge in [0.2, 0.25) is 0 Å². The zero-order chi connectivity index (χ0) is 13.5. The molecule has 102 valence electrons. The van der Waals surface area contributed by atoms with Gasteiger partial charge in [0.1, 0.15) is 0 Å². The van der Waals surface area contributed by atoms with Gasteiger partial charge in [0.15, 0.2) is 11.6 Å². The third-order valence-corrected chi connectivity index (χ3v) is 3.65. The molecular formula is C13H21FN2OS. The molecule has 0 heterocycles. The van der Waals surface area contributed by atoms with Gasteiger partial charge in [-0.25, -0.2) is 4.39 Å². The maximum atomic E-state index is 13.5. The average molecular weight is 272 g/mol. The summed E-state index contributed by atoms with van der Waals surface area (Å²) in [7, 11) is 5.54. The van der Waals surface area contributed by atoms with Gasteiger partial charge < -0.3 is 15.4 Å². The molecule has 1 aromatic rings. The van der Waals surface area contributed by atoms with E-state index in [1.54, 1.807) is 17.8 Å². The third-order valence-electron chi connectivity index (χ3n) is 2.58. The van der Waals surface area contributed by atoms with Gasteiger partial charge in [0, 0.05) is 24.1 Å². The number of methoxy groups -OCH3 is 1. The van der Waals surface area contributed by atoms with Crippen molar-refractivity contribution in [1.29, 1.82) is 0 Å². The molecule has 0 spiro atoms. The first-order valence-corrected chi connectivity index (χ1v) is 7.01. The molecule has 0 amide bonds. The van der Waals surface area contributed by atoms with Crippen molar-refractivity contribution in [3.63, 3.8) is 0 Å². The third kappa shape index (κ3) is 4.84. The fraction of sp³-hybridized carbons (Fsp3) is 0.538. The second-order valence-corrected chi connectivity index (χ2v) is 5.53. The molecule has 1 atom stereocenters. The van der Waals surface area contributed by atoms with E-state index in [-0.39, 0.29) is 17.6 Å². The first-order chi connectivity index (χ1) is 8.54. The molecule has 0 aliphatic heterocycles. The molecule has 0 radical (unpaired) electrons. The van der Waals surface area contributed by atoms with Crippen LogP contribution >= 0.6 is 11.8 Å². The van der Waals surface area contributed by atoms with Crippen LogP contribution in [0.4, 0.5) is 4.39 Å². The molecule has 18 heavy (non-hydrogen) atoms. The molecule has 5 heteroatoms. The molecule has 0 fully saturated rings. The van der Waals surface area contributed by atoms with Crippen LogP contribution in [0, 0.1) is 5.82 Å². The Morgan fingerprint density at radius 3 is 2.72 bits per heavy atom. The van der Waals surface area contributed by atoms with Crippen LogP contribution in [-0.2, 0) is 0 Å². The van der Waals surface area contributed by atoms with Crippen molar-refractivity contribution in [3.8, 4) is 5.75 Å². The number of ether oxygens (including phenoxy) is 1. The number of halogens is 1. The molecule has 1 rings (SSSR count). The number of hydrogen-bond donors (Lipinski definition) is 1. The Bertz CT molecular complexity index is 374. The highest BCUT2D eigenvalue weighted by Gasteiger charge is 2.10. The smallest absolute Gasteiger partial charge is 0.165 e. The highest BCUT2D eigenvalue weighted by atomic mass is 32.2. The normalized spacial score (nSPS) is 12.8. The monoisotopic (exact) mass is 272 g/mol. The van der Waals surface area contributed by atoms with Crippen molar-refractivity contribution in [1.82, 2.24) is 4.90 Å². The van der Waals surface area contributed by atoms with Gasteiger partial charge in [-0.2, -0.15) is 11.8 Å². The minimum Gasteiger partial charge on any atom is -0.494 e. The summed E-state index contributed by atoms with van der Waals surface area (Å²) in [5.41, 5.74) is 6.84. The van der Waals surface area contributed by atoms with E-state index in [4.69, 9.17) is 10.5 Å². The van der Waals surface area contributed by atoms with Crippen LogP contribution in [0.5, 0.6) is 5.75 Å². The molecule has 2 N–H and O–H groups in total. The largest absolute Gasteiger partial charge is 0.494 e. The van der Waals surface area contributed by atoms with E-state index >= 15 is 0 Å². The molecular weight excluding hydrogens is 251 g/mol. The van der Waals surface area contributed by atoms with Crippen LogP contribution in [0.3, 0.4) is 0 Å². The fourth-order valence-corrected chi connectivity index (χ4v) is 2.57. The van der Waals surface area contributed by atoms with E-state index in [0.29, 0.717) is 0 Å². The van der Waals surface area contributed by atoms with E-state index in [1.807, 2.05) is 20.2 Å². The Balaban J connectivity index is 2.46. The van der Waals surface area contributed by atoms with Crippen molar-refractivity contribution in [2.75, 3.05) is 39.3 Å². The SMILES string of the molecule is COc1ccc(C(N)CSCCN(C)C)cc1F. The van der Waals surface area contributed by atoms with Gasteiger partial charge in [-0.15, -0.1) is 0 Å². The highest BCUT2D eigenvalue weighted by molar-refractivity contribution is 7.99. The Kier molecular flexibility index (Phi) is 6.46. The lowest BCUT2D eigenvalue weighted by Gasteiger charge is -2.14. The quantitative estimate of drug-likeness (QED) is 0.772. The van der Waals surface area contributed by atoms with Gasteiger partial charge in [-0.05, 0) is 31.8 Å². The summed E-state index contributed by atoms with van der Waals surface area (Å²) in [4.78, 5) is 2.13. The molecule has 3 nitrogen and oxygen atoms in total. The Labute approximate surface area is 112 Å². The fourth-order valence-electron chi connectivity index (χ4n) is 1.47. The lowest BCUT2D eigenvalue weighted by molar-refractivity contribution is 0.386. The molecule has 0 saturated carbocycles. The average Bonchev–Trinajstić information content (AvgIpc) is 2.34. The summed E-state index contributed by atoms with van der Waals surface area (Å²) in [6, 6.07) is 4.75. The van der Waals surface area contributed by atoms with Gasteiger partial charge in [-0.3, -0.25) is 0 Å². The number of hydrogen-bond acceptors (Lipinski definition) is 4. The van der Waals surface area contributed by atoms with E-state index < -0.39 is 0 Å². The molecule has 1 unspecified atom stereocenters. The van der Waals surface area contributed by atoms with Crippen LogP contribution in [0.2, 0.25) is 0 Å². The van der Waals surface area contributed by atoms with Crippen molar-refractivity contribution < 1.29 is 9.13 Å². The van der Waals surface area contributed by atoms with Crippen molar-refractivity contribution >= 4 is 11.8 Å². The summed E-state index contributed by atoms with van der Waals surface area (Å²) in [5, 5.41) is 0. The number of benzene rings is 1. The zero-order valence-corrected chi connectivity index (χ0v) is 12.0. The van der Waals surface area contributed by atoms with Crippen LogP contribution in [0.15, 0.2) is 18.2 Å². The minimum absolute atomic E-state index is 0.141. The van der Waals surface area contributed by atoms with Gasteiger partial charge in [-0.1, -0.05) is 6.07 Å². The second kappa shape index (κ2) is 7.61. The minimum atomic E-state index is -0.358. The lowest BCUT2D eigenvalue weighted by Crippen LogP contribution is -2.17. The van der Waals surface area contributed by atoms with Crippen LogP contribution < -0.4 is 10.5 Å². The molecule has 0 bridgehead atoms. The van der Waals surface area contributed by atoms with Crippen LogP contribution in [0.1, 0.15) is 11.6 Å². The summed E-state index contributed by atoms with van der Waals surface area (Å²) < 4.78 is 18.4. The molecule has 0 aliphatic carbocycles. The first kappa shape index (κ1) is 15.3. The lowest BCUT2D eigenvalue weighted by atomic mass is 10.1. The Hall–Kier alpha value is -0.780. The number of rotatable bonds is 7. The first-order valence-electron chi connectivity index (χ1n) is 5.86. The maximum absolute atomic E-state index is 13.5. The standard InChI is InChI=1S/C13H21FN2OS/c1-16(2)6-7-18-9-12(15)10-4-5-13(17-3)11(14)8-10/h4-5,8,12H,6-7,9,15H2,1-3H3. The molecule has 0 aliphatic rings. The summed E-state index contributed by atoms with van der Waals surface area (Å²) in [6.45, 7) is 1.02. The summed E-state index contributed by atoms with van der Waals surface area (Å²) >= 11 is 1.78. The van der Waals surface area contributed by atoms with Crippen molar-refractivity contribution in [2.24, 2.45) is 5.73 Å². The van der Waals surface area contributed by atoms with Crippen molar-refractivity contribution in [2.45, 2.75) is 6.04 Å². The predicted molar refractivity (Wildman–Crippen MR) is 75.8 cm³/mol. The molecule has 1 aromatic carbocycles. The topological polar surface area (TPSA) is 38.5 Å². The van der Waals surface area contributed by atoms with E-state index in [9.17, 15) is 4.39 Å². The van der Waals surface area contributed by atoms with E-state index in [2.05, 4.69) is 4.90 Å². The van der Waals surface area contributed by atoms with Gasteiger partial charge in [0.25, 0.3) is 0 Å². The molecule has 0 aromatic heterocycles. The van der Waals surface area contributed by atoms with Crippen molar-refractivity contribution in [3.05, 3.63) is 29.6 Å². The highest BCUT2D eigenvalue weighted by Crippen LogP contribution is 2.22. The van der Waals surface area contributed by atoms with Gasteiger partial charge in [0.05, 0.1) is 7.11 Å². The predicted octanol–water partition coefficient (Wildman–Crippen LogP) is 2.13. The number of nitrogens with two attached hydrogens (primary N) is 1. The van der Waals surface area contributed by atoms with Gasteiger partial charge >= 0.3 is 0 Å². The number of nitrogens with zero attached hydrogens (tertiary/aromatic N) is 1. The second-order valence-electron chi connectivity index (χ2n) is 4.38. The summed E-state index contributed by atoms with van der Waals surface area (Å²) in [6.07, 6.45) is 0. The van der Waals surface area contributed by atoms with Crippen LogP contribution in [0.25, 0.3) is 0 Å².